The Kier molecular flexibility index (Phi) is 3.46. The molecule has 4 nitrogen and oxygen atoms in total. The number of aromatic amines is 1. The molecule has 0 saturated heterocycles. The lowest BCUT2D eigenvalue weighted by molar-refractivity contribution is 0.454. The maximum Gasteiger partial charge on any atom is 0.254 e. The minimum Gasteiger partial charge on any atom is -0.438 e. The van der Waals surface area contributed by atoms with Crippen molar-refractivity contribution in [2.24, 2.45) is 0 Å². The third kappa shape index (κ3) is 2.77. The summed E-state index contributed by atoms with van der Waals surface area (Å²) < 4.78 is 5.66. The SMILES string of the molecule is CCc1nc(Oc2ccc(C)cc2C)cc(=O)[nH]1. The molecule has 0 atom stereocenters. The van der Waals surface area contributed by atoms with Crippen molar-refractivity contribution in [3.05, 3.63) is 51.6 Å². The quantitative estimate of drug-likeness (QED) is 0.903. The van der Waals surface area contributed by atoms with Crippen molar-refractivity contribution in [1.29, 1.82) is 0 Å². The number of ether oxygens (including phenoxy) is 1. The third-order valence-corrected chi connectivity index (χ3v) is 2.65. The van der Waals surface area contributed by atoms with Crippen LogP contribution in [-0.2, 0) is 6.42 Å². The number of aryl methyl sites for hydroxylation is 3. The molecule has 0 aliphatic heterocycles. The fourth-order valence-corrected chi connectivity index (χ4v) is 1.73. The first-order chi connectivity index (χ1) is 8.58. The highest BCUT2D eigenvalue weighted by molar-refractivity contribution is 5.37. The van der Waals surface area contributed by atoms with Crippen molar-refractivity contribution in [1.82, 2.24) is 9.97 Å². The van der Waals surface area contributed by atoms with Crippen molar-refractivity contribution in [2.45, 2.75) is 27.2 Å². The molecular weight excluding hydrogens is 228 g/mol. The molecule has 0 spiro atoms. The first kappa shape index (κ1) is 12.4. The van der Waals surface area contributed by atoms with E-state index >= 15 is 0 Å². The summed E-state index contributed by atoms with van der Waals surface area (Å²) >= 11 is 0. The Balaban J connectivity index is 2.33. The van der Waals surface area contributed by atoms with Gasteiger partial charge in [-0.15, -0.1) is 0 Å². The predicted molar refractivity (Wildman–Crippen MR) is 70.2 cm³/mol. The molecule has 18 heavy (non-hydrogen) atoms. The molecule has 0 bridgehead atoms. The molecule has 1 aromatic heterocycles. The van der Waals surface area contributed by atoms with Crippen LogP contribution in [0.5, 0.6) is 11.6 Å². The van der Waals surface area contributed by atoms with Gasteiger partial charge in [-0.1, -0.05) is 24.6 Å². The van der Waals surface area contributed by atoms with E-state index in [1.807, 2.05) is 39.0 Å². The van der Waals surface area contributed by atoms with E-state index in [-0.39, 0.29) is 5.56 Å². The zero-order valence-corrected chi connectivity index (χ0v) is 10.8. The molecule has 0 fully saturated rings. The van der Waals surface area contributed by atoms with E-state index in [4.69, 9.17) is 4.74 Å². The summed E-state index contributed by atoms with van der Waals surface area (Å²) in [7, 11) is 0. The van der Waals surface area contributed by atoms with Crippen LogP contribution in [-0.4, -0.2) is 9.97 Å². The molecule has 2 aromatic rings. The number of nitrogens with one attached hydrogen (secondary N) is 1. The zero-order valence-electron chi connectivity index (χ0n) is 10.8. The Bertz CT molecular complexity index is 617. The summed E-state index contributed by atoms with van der Waals surface area (Å²) in [6, 6.07) is 7.25. The maximum absolute atomic E-state index is 11.4. The fourth-order valence-electron chi connectivity index (χ4n) is 1.73. The number of rotatable bonds is 3. The van der Waals surface area contributed by atoms with E-state index in [0.29, 0.717) is 18.1 Å². The van der Waals surface area contributed by atoms with Crippen molar-refractivity contribution in [3.8, 4) is 11.6 Å². The Morgan fingerprint density at radius 2 is 2.06 bits per heavy atom. The number of hydrogen-bond acceptors (Lipinski definition) is 3. The number of H-pyrrole nitrogens is 1. The summed E-state index contributed by atoms with van der Waals surface area (Å²) in [5.41, 5.74) is 2.00. The van der Waals surface area contributed by atoms with Gasteiger partial charge < -0.3 is 9.72 Å². The molecule has 1 N–H and O–H groups in total. The van der Waals surface area contributed by atoms with Gasteiger partial charge in [0.1, 0.15) is 11.6 Å². The second kappa shape index (κ2) is 5.04. The minimum absolute atomic E-state index is 0.193. The van der Waals surface area contributed by atoms with Crippen LogP contribution in [0.25, 0.3) is 0 Å². The van der Waals surface area contributed by atoms with Gasteiger partial charge in [0.25, 0.3) is 5.56 Å². The van der Waals surface area contributed by atoms with Crippen LogP contribution in [0.15, 0.2) is 29.1 Å². The molecule has 0 aliphatic carbocycles. The Morgan fingerprint density at radius 3 is 2.72 bits per heavy atom. The van der Waals surface area contributed by atoms with E-state index < -0.39 is 0 Å². The largest absolute Gasteiger partial charge is 0.438 e. The first-order valence-corrected chi connectivity index (χ1v) is 5.94. The lowest BCUT2D eigenvalue weighted by Gasteiger charge is -2.08. The van der Waals surface area contributed by atoms with E-state index in [2.05, 4.69) is 9.97 Å². The lowest BCUT2D eigenvalue weighted by Crippen LogP contribution is -2.10. The second-order valence-corrected chi connectivity index (χ2v) is 4.25. The van der Waals surface area contributed by atoms with Gasteiger partial charge in [0.05, 0.1) is 6.07 Å². The number of benzene rings is 1. The van der Waals surface area contributed by atoms with Gasteiger partial charge in [-0.05, 0) is 25.5 Å². The lowest BCUT2D eigenvalue weighted by atomic mass is 10.1. The van der Waals surface area contributed by atoms with E-state index in [9.17, 15) is 4.79 Å². The van der Waals surface area contributed by atoms with Crippen LogP contribution in [0.1, 0.15) is 23.9 Å². The number of aromatic nitrogens is 2. The van der Waals surface area contributed by atoms with Crippen molar-refractivity contribution in [2.75, 3.05) is 0 Å². The zero-order chi connectivity index (χ0) is 13.1. The normalized spacial score (nSPS) is 10.4. The van der Waals surface area contributed by atoms with Crippen LogP contribution in [0.2, 0.25) is 0 Å². The summed E-state index contributed by atoms with van der Waals surface area (Å²) in [6.07, 6.45) is 0.666. The van der Waals surface area contributed by atoms with Gasteiger partial charge in [-0.3, -0.25) is 4.79 Å². The molecule has 2 rings (SSSR count). The molecule has 0 aliphatic rings. The van der Waals surface area contributed by atoms with Gasteiger partial charge in [-0.2, -0.15) is 4.98 Å². The first-order valence-electron chi connectivity index (χ1n) is 5.94. The molecule has 0 radical (unpaired) electrons. The summed E-state index contributed by atoms with van der Waals surface area (Å²) in [4.78, 5) is 18.3. The van der Waals surface area contributed by atoms with Gasteiger partial charge in [-0.25, -0.2) is 0 Å². The van der Waals surface area contributed by atoms with Crippen molar-refractivity contribution >= 4 is 0 Å². The smallest absolute Gasteiger partial charge is 0.254 e. The van der Waals surface area contributed by atoms with Crippen LogP contribution in [0.3, 0.4) is 0 Å². The Morgan fingerprint density at radius 1 is 1.28 bits per heavy atom. The third-order valence-electron chi connectivity index (χ3n) is 2.65. The average Bonchev–Trinajstić information content (AvgIpc) is 2.32. The highest BCUT2D eigenvalue weighted by Crippen LogP contribution is 2.23. The molecule has 0 unspecified atom stereocenters. The van der Waals surface area contributed by atoms with Crippen LogP contribution < -0.4 is 10.3 Å². The van der Waals surface area contributed by atoms with Crippen molar-refractivity contribution < 1.29 is 4.74 Å². The van der Waals surface area contributed by atoms with Gasteiger partial charge in [0.15, 0.2) is 0 Å². The van der Waals surface area contributed by atoms with Crippen LogP contribution in [0, 0.1) is 13.8 Å². The average molecular weight is 244 g/mol. The molecule has 0 saturated carbocycles. The summed E-state index contributed by atoms with van der Waals surface area (Å²) in [5.74, 6) is 1.69. The topological polar surface area (TPSA) is 55.0 Å². The number of hydrogen-bond donors (Lipinski definition) is 1. The highest BCUT2D eigenvalue weighted by atomic mass is 16.5. The predicted octanol–water partition coefficient (Wildman–Crippen LogP) is 2.74. The molecule has 94 valence electrons. The fraction of sp³-hybridized carbons (Fsp3) is 0.286. The monoisotopic (exact) mass is 244 g/mol. The summed E-state index contributed by atoms with van der Waals surface area (Å²) in [6.45, 7) is 5.92. The van der Waals surface area contributed by atoms with Gasteiger partial charge in [0.2, 0.25) is 5.88 Å². The minimum atomic E-state index is -0.193. The molecule has 1 heterocycles. The Labute approximate surface area is 106 Å². The standard InChI is InChI=1S/C14H16N2O2/c1-4-12-15-13(17)8-14(16-12)18-11-6-5-9(2)7-10(11)3/h5-8H,4H2,1-3H3,(H,15,16,17). The molecule has 4 heteroatoms. The van der Waals surface area contributed by atoms with Crippen LogP contribution >= 0.6 is 0 Å². The molecule has 1 aromatic carbocycles. The van der Waals surface area contributed by atoms with E-state index in [1.54, 1.807) is 0 Å². The second-order valence-electron chi connectivity index (χ2n) is 4.25. The van der Waals surface area contributed by atoms with E-state index in [0.717, 1.165) is 11.3 Å². The highest BCUT2D eigenvalue weighted by Gasteiger charge is 2.05. The Hall–Kier alpha value is -2.10. The maximum atomic E-state index is 11.4. The van der Waals surface area contributed by atoms with E-state index in [1.165, 1.54) is 11.6 Å². The van der Waals surface area contributed by atoms with Gasteiger partial charge >= 0.3 is 0 Å². The molecule has 0 amide bonds. The number of nitrogens with zero attached hydrogens (tertiary/aromatic N) is 1. The summed E-state index contributed by atoms with van der Waals surface area (Å²) in [5, 5.41) is 0. The van der Waals surface area contributed by atoms with Crippen molar-refractivity contribution in [3.63, 3.8) is 0 Å². The molecular formula is C14H16N2O2. The van der Waals surface area contributed by atoms with Gasteiger partial charge in [0, 0.05) is 6.42 Å². The van der Waals surface area contributed by atoms with Crippen LogP contribution in [0.4, 0.5) is 0 Å².